The summed E-state index contributed by atoms with van der Waals surface area (Å²) < 4.78 is 10.7. The van der Waals surface area contributed by atoms with E-state index in [1.54, 1.807) is 7.11 Å². The zero-order chi connectivity index (χ0) is 16.4. The molecule has 1 aromatic carbocycles. The second-order valence-corrected chi connectivity index (χ2v) is 5.37. The number of benzene rings is 1. The van der Waals surface area contributed by atoms with E-state index in [0.717, 1.165) is 35.4 Å². The summed E-state index contributed by atoms with van der Waals surface area (Å²) in [5.41, 5.74) is 9.15. The van der Waals surface area contributed by atoms with Crippen molar-refractivity contribution in [3.05, 3.63) is 52.5 Å². The number of hydrogen-bond acceptors (Lipinski definition) is 5. The van der Waals surface area contributed by atoms with Crippen LogP contribution in [0.5, 0.6) is 11.6 Å². The number of hydrogen-bond donors (Lipinski definition) is 2. The highest BCUT2D eigenvalue weighted by Crippen LogP contribution is 2.43. The van der Waals surface area contributed by atoms with Gasteiger partial charge in [0.05, 0.1) is 13.0 Å². The zero-order valence-corrected chi connectivity index (χ0v) is 13.1. The third-order valence-electron chi connectivity index (χ3n) is 3.97. The summed E-state index contributed by atoms with van der Waals surface area (Å²) in [5.74, 6) is 1.04. The fourth-order valence-corrected chi connectivity index (χ4v) is 2.88. The average molecular weight is 310 g/mol. The van der Waals surface area contributed by atoms with Gasteiger partial charge < -0.3 is 15.2 Å². The molecule has 0 aliphatic carbocycles. The number of nitrogens with two attached hydrogens (primary N) is 1. The molecule has 6 nitrogen and oxygen atoms in total. The van der Waals surface area contributed by atoms with Gasteiger partial charge in [-0.2, -0.15) is 5.26 Å². The van der Waals surface area contributed by atoms with Crippen LogP contribution in [-0.2, 0) is 6.42 Å². The molecular formula is C17H18N4O2. The first kappa shape index (κ1) is 15.0. The highest BCUT2D eigenvalue weighted by atomic mass is 16.5. The van der Waals surface area contributed by atoms with Gasteiger partial charge in [-0.1, -0.05) is 25.5 Å². The molecule has 0 saturated heterocycles. The van der Waals surface area contributed by atoms with Crippen LogP contribution in [-0.4, -0.2) is 17.3 Å². The van der Waals surface area contributed by atoms with Crippen LogP contribution in [0.1, 0.15) is 36.1 Å². The molecule has 23 heavy (non-hydrogen) atoms. The number of nitriles is 1. The molecule has 1 aliphatic heterocycles. The van der Waals surface area contributed by atoms with E-state index in [1.165, 1.54) is 0 Å². The van der Waals surface area contributed by atoms with Crippen molar-refractivity contribution in [2.75, 3.05) is 7.11 Å². The summed E-state index contributed by atoms with van der Waals surface area (Å²) in [7, 11) is 1.62. The van der Waals surface area contributed by atoms with E-state index in [-0.39, 0.29) is 11.8 Å². The van der Waals surface area contributed by atoms with Crippen LogP contribution in [0.25, 0.3) is 0 Å². The molecule has 1 aromatic heterocycles. The number of nitrogens with one attached hydrogen (secondary N) is 1. The number of aromatic nitrogens is 2. The predicted molar refractivity (Wildman–Crippen MR) is 84.9 cm³/mol. The Kier molecular flexibility index (Phi) is 3.94. The Morgan fingerprint density at radius 3 is 2.74 bits per heavy atom. The molecule has 3 rings (SSSR count). The van der Waals surface area contributed by atoms with Gasteiger partial charge >= 0.3 is 0 Å². The second kappa shape index (κ2) is 6.05. The molecule has 1 aliphatic rings. The largest absolute Gasteiger partial charge is 0.497 e. The van der Waals surface area contributed by atoms with Gasteiger partial charge in [-0.25, -0.2) is 0 Å². The van der Waals surface area contributed by atoms with E-state index in [9.17, 15) is 5.26 Å². The number of methoxy groups -OCH3 is 1. The SMILES string of the molecule is CCCc1[nH]nc2c1[C@@H](c1ccc(OC)cc1)C(C#N)=C(N)O2. The molecular weight excluding hydrogens is 292 g/mol. The Bertz CT molecular complexity index is 784. The first-order valence-corrected chi connectivity index (χ1v) is 7.48. The number of rotatable bonds is 4. The maximum atomic E-state index is 9.55. The molecule has 0 bridgehead atoms. The quantitative estimate of drug-likeness (QED) is 0.904. The fourth-order valence-electron chi connectivity index (χ4n) is 2.88. The zero-order valence-electron chi connectivity index (χ0n) is 13.1. The Morgan fingerprint density at radius 2 is 2.13 bits per heavy atom. The maximum absolute atomic E-state index is 9.55. The minimum absolute atomic E-state index is 0.107. The van der Waals surface area contributed by atoms with Crippen molar-refractivity contribution in [2.45, 2.75) is 25.7 Å². The monoisotopic (exact) mass is 310 g/mol. The third kappa shape index (κ3) is 2.50. The smallest absolute Gasteiger partial charge is 0.244 e. The minimum atomic E-state index is -0.282. The van der Waals surface area contributed by atoms with Crippen molar-refractivity contribution >= 4 is 0 Å². The van der Waals surface area contributed by atoms with Crippen molar-refractivity contribution in [1.82, 2.24) is 10.2 Å². The number of allylic oxidation sites excluding steroid dienone is 1. The lowest BCUT2D eigenvalue weighted by Crippen LogP contribution is -2.21. The van der Waals surface area contributed by atoms with Gasteiger partial charge in [0.2, 0.25) is 11.8 Å². The topological polar surface area (TPSA) is 97.0 Å². The van der Waals surface area contributed by atoms with Crippen molar-refractivity contribution in [3.63, 3.8) is 0 Å². The van der Waals surface area contributed by atoms with Crippen molar-refractivity contribution in [1.29, 1.82) is 5.26 Å². The first-order chi connectivity index (χ1) is 11.2. The summed E-state index contributed by atoms with van der Waals surface area (Å²) >= 11 is 0. The molecule has 2 heterocycles. The van der Waals surface area contributed by atoms with E-state index in [2.05, 4.69) is 23.2 Å². The van der Waals surface area contributed by atoms with Gasteiger partial charge in [-0.05, 0) is 24.1 Å². The van der Waals surface area contributed by atoms with E-state index in [0.29, 0.717) is 11.5 Å². The standard InChI is InChI=1S/C17H18N4O2/c1-3-4-13-15-14(10-5-7-11(22-2)8-6-10)12(9-18)16(19)23-17(15)21-20-13/h5-8,14H,3-4,19H2,1-2H3,(H,20,21)/t14-/m0/s1. The molecule has 0 fully saturated rings. The highest BCUT2D eigenvalue weighted by Gasteiger charge is 2.34. The van der Waals surface area contributed by atoms with Crippen molar-refractivity contribution < 1.29 is 9.47 Å². The van der Waals surface area contributed by atoms with E-state index in [1.807, 2.05) is 24.3 Å². The maximum Gasteiger partial charge on any atom is 0.244 e. The molecule has 118 valence electrons. The van der Waals surface area contributed by atoms with Gasteiger partial charge in [-0.3, -0.25) is 5.10 Å². The molecule has 1 atom stereocenters. The van der Waals surface area contributed by atoms with E-state index in [4.69, 9.17) is 15.2 Å². The summed E-state index contributed by atoms with van der Waals surface area (Å²) in [6.45, 7) is 2.09. The summed E-state index contributed by atoms with van der Waals surface area (Å²) in [6, 6.07) is 9.80. The third-order valence-corrected chi connectivity index (χ3v) is 3.97. The lowest BCUT2D eigenvalue weighted by molar-refractivity contribution is 0.378. The molecule has 2 aromatic rings. The van der Waals surface area contributed by atoms with Crippen LogP contribution >= 0.6 is 0 Å². The van der Waals surface area contributed by atoms with Gasteiger partial charge in [0, 0.05) is 11.3 Å². The number of fused-ring (bicyclic) bond motifs is 1. The molecule has 0 saturated carbocycles. The number of aromatic amines is 1. The molecule has 6 heteroatoms. The number of H-pyrrole nitrogens is 1. The van der Waals surface area contributed by atoms with Crippen LogP contribution in [0, 0.1) is 11.3 Å². The van der Waals surface area contributed by atoms with Crippen LogP contribution in [0.15, 0.2) is 35.7 Å². The molecule has 0 amide bonds. The Labute approximate surface area is 134 Å². The van der Waals surface area contributed by atoms with E-state index < -0.39 is 0 Å². The molecule has 0 unspecified atom stereocenters. The second-order valence-electron chi connectivity index (χ2n) is 5.37. The molecule has 0 spiro atoms. The highest BCUT2D eigenvalue weighted by molar-refractivity contribution is 5.55. The van der Waals surface area contributed by atoms with Gasteiger partial charge in [0.1, 0.15) is 17.4 Å². The normalized spacial score (nSPS) is 16.5. The molecule has 3 N–H and O–H groups in total. The van der Waals surface area contributed by atoms with Crippen LogP contribution in [0.4, 0.5) is 0 Å². The van der Waals surface area contributed by atoms with Crippen molar-refractivity contribution in [2.24, 2.45) is 5.73 Å². The Hall–Kier alpha value is -2.94. The number of ether oxygens (including phenoxy) is 2. The van der Waals surface area contributed by atoms with Crippen LogP contribution in [0.3, 0.4) is 0 Å². The Balaban J connectivity index is 2.15. The van der Waals surface area contributed by atoms with Gasteiger partial charge in [0.25, 0.3) is 0 Å². The van der Waals surface area contributed by atoms with Crippen LogP contribution in [0.2, 0.25) is 0 Å². The lowest BCUT2D eigenvalue weighted by Gasteiger charge is -2.24. The van der Waals surface area contributed by atoms with Crippen LogP contribution < -0.4 is 15.2 Å². The summed E-state index contributed by atoms with van der Waals surface area (Å²) in [4.78, 5) is 0. The summed E-state index contributed by atoms with van der Waals surface area (Å²) in [6.07, 6.45) is 1.79. The van der Waals surface area contributed by atoms with E-state index >= 15 is 0 Å². The lowest BCUT2D eigenvalue weighted by atomic mass is 9.83. The van der Waals surface area contributed by atoms with Crippen molar-refractivity contribution in [3.8, 4) is 17.7 Å². The van der Waals surface area contributed by atoms with Gasteiger partial charge in [-0.15, -0.1) is 5.10 Å². The van der Waals surface area contributed by atoms with Gasteiger partial charge in [0.15, 0.2) is 0 Å². The Morgan fingerprint density at radius 1 is 1.39 bits per heavy atom. The summed E-state index contributed by atoms with van der Waals surface area (Å²) in [5, 5.41) is 16.8. The minimum Gasteiger partial charge on any atom is -0.497 e. The first-order valence-electron chi connectivity index (χ1n) is 7.48. The predicted octanol–water partition coefficient (Wildman–Crippen LogP) is 2.59. The molecule has 0 radical (unpaired) electrons. The average Bonchev–Trinajstić information content (AvgIpc) is 2.96. The number of aryl methyl sites for hydroxylation is 1. The fraction of sp³-hybridized carbons (Fsp3) is 0.294. The number of nitrogens with zero attached hydrogens (tertiary/aromatic N) is 2.